The standard InChI is InChI=1S/C27H26P2.2C15H9.2Au/c1-27(2,28(23-15-7-3-8-16-23)24-17-9-4-10-18-24)29(25-19-11-5-12-20-25)26-21-13-6-14-22-26;2*1-2-11-7-8-13-10-12-5-3-4-6-14(12)15(13)9-11;;/h3-22H,1-2H3;2*3-9H,10H2;;/q;2*-1;2*+1/p+2. The first-order valence-corrected chi connectivity index (χ1v) is 23.2. The van der Waals surface area contributed by atoms with Crippen LogP contribution in [0.4, 0.5) is 0 Å². The fourth-order valence-electron chi connectivity index (χ4n) is 8.72. The Morgan fingerprint density at radius 2 is 0.639 bits per heavy atom. The van der Waals surface area contributed by atoms with E-state index in [0.29, 0.717) is 0 Å². The smallest absolute Gasteiger partial charge is 0.366 e. The molecule has 0 N–H and O–H groups in total. The predicted molar refractivity (Wildman–Crippen MR) is 257 cm³/mol. The van der Waals surface area contributed by atoms with Crippen LogP contribution in [0.3, 0.4) is 0 Å². The van der Waals surface area contributed by atoms with Crippen LogP contribution < -0.4 is 21.2 Å². The van der Waals surface area contributed by atoms with Crippen LogP contribution in [-0.2, 0) is 57.6 Å². The first-order chi connectivity index (χ1) is 28.9. The van der Waals surface area contributed by atoms with Gasteiger partial charge in [-0.2, -0.15) is 0 Å². The zero-order valence-corrected chi connectivity index (χ0v) is 40.5. The summed E-state index contributed by atoms with van der Waals surface area (Å²) in [6.45, 7) is 5.02. The maximum Gasteiger partial charge on any atom is 1.00 e. The van der Waals surface area contributed by atoms with Crippen molar-refractivity contribution in [3.05, 3.63) is 252 Å². The number of hydrogen-bond donors (Lipinski definition) is 0. The van der Waals surface area contributed by atoms with Crippen molar-refractivity contribution >= 4 is 37.1 Å². The molecule has 0 atom stereocenters. The third-order valence-electron chi connectivity index (χ3n) is 11.4. The van der Waals surface area contributed by atoms with Crippen LogP contribution in [0, 0.1) is 24.7 Å². The van der Waals surface area contributed by atoms with Crippen molar-refractivity contribution in [1.82, 2.24) is 0 Å². The van der Waals surface area contributed by atoms with Crippen molar-refractivity contribution in [2.75, 3.05) is 0 Å². The first-order valence-electron chi connectivity index (χ1n) is 20.2. The van der Waals surface area contributed by atoms with E-state index >= 15 is 0 Å². The molecule has 0 unspecified atom stereocenters. The summed E-state index contributed by atoms with van der Waals surface area (Å²) < 4.78 is 0. The Kier molecular flexibility index (Phi) is 16.0. The molecular formula is C57H46Au2P2+2. The molecule has 2 aliphatic rings. The first kappa shape index (κ1) is 45.7. The van der Waals surface area contributed by atoms with Gasteiger partial charge in [0.05, 0.1) is 0 Å². The molecule has 0 radical (unpaired) electrons. The van der Waals surface area contributed by atoms with E-state index in [1.54, 1.807) is 0 Å². The molecular weight excluding hydrogens is 1140 g/mol. The van der Waals surface area contributed by atoms with Crippen molar-refractivity contribution < 1.29 is 44.8 Å². The number of benzene rings is 8. The molecule has 10 rings (SSSR count). The van der Waals surface area contributed by atoms with Gasteiger partial charge in [-0.05, 0) is 106 Å². The van der Waals surface area contributed by atoms with Crippen LogP contribution in [-0.4, -0.2) is 4.90 Å². The topological polar surface area (TPSA) is 0 Å². The SMILES string of the molecule is CC(C)([PH+](c1ccccc1)c1ccccc1)[PH+](c1ccccc1)c1ccccc1.[Au+].[Au+].[C-]#Cc1ccc2c(c1)-c1ccccc1C2.[C-]#Cc1ccc2c(c1)-c1ccccc1C2. The van der Waals surface area contributed by atoms with E-state index in [2.05, 4.69) is 208 Å². The van der Waals surface area contributed by atoms with E-state index in [0.717, 1.165) is 24.0 Å². The van der Waals surface area contributed by atoms with Crippen LogP contribution in [0.5, 0.6) is 0 Å². The summed E-state index contributed by atoms with van der Waals surface area (Å²) >= 11 is 0. The van der Waals surface area contributed by atoms with Crippen molar-refractivity contribution in [2.45, 2.75) is 31.6 Å². The Balaban J connectivity index is 0.000000164. The molecule has 0 bridgehead atoms. The summed E-state index contributed by atoms with van der Waals surface area (Å²) in [6, 6.07) is 73.8. The summed E-state index contributed by atoms with van der Waals surface area (Å²) in [5.74, 6) is 4.87. The largest absolute Gasteiger partial charge is 1.00 e. The Morgan fingerprint density at radius 3 is 0.951 bits per heavy atom. The third-order valence-corrected chi connectivity index (χ3v) is 19.0. The van der Waals surface area contributed by atoms with E-state index in [1.807, 2.05) is 24.3 Å². The normalized spacial score (nSPS) is 11.3. The summed E-state index contributed by atoms with van der Waals surface area (Å²) in [5, 5.41) is 5.96. The molecule has 0 nitrogen and oxygen atoms in total. The van der Waals surface area contributed by atoms with Crippen LogP contribution in [0.25, 0.3) is 22.3 Å². The summed E-state index contributed by atoms with van der Waals surface area (Å²) in [7, 11) is -2.05. The summed E-state index contributed by atoms with van der Waals surface area (Å²) in [4.78, 5) is 0.154. The zero-order valence-electron chi connectivity index (χ0n) is 34.1. The average molecular weight is 1190 g/mol. The molecule has 2 aliphatic carbocycles. The number of fused-ring (bicyclic) bond motifs is 6. The van der Waals surface area contributed by atoms with Crippen molar-refractivity contribution in [1.29, 1.82) is 0 Å². The second-order valence-electron chi connectivity index (χ2n) is 15.5. The number of rotatable bonds is 6. The van der Waals surface area contributed by atoms with Gasteiger partial charge in [0, 0.05) is 13.8 Å². The molecule has 0 amide bonds. The van der Waals surface area contributed by atoms with Crippen molar-refractivity contribution in [2.24, 2.45) is 0 Å². The minimum Gasteiger partial charge on any atom is -0.366 e. The van der Waals surface area contributed by atoms with Gasteiger partial charge in [-0.25, -0.2) is 0 Å². The zero-order chi connectivity index (χ0) is 40.6. The molecule has 0 heterocycles. The second-order valence-corrected chi connectivity index (χ2v) is 22.3. The third kappa shape index (κ3) is 10.3. The second kappa shape index (κ2) is 21.3. The minimum absolute atomic E-state index is 0. The minimum atomic E-state index is -1.02. The quantitative estimate of drug-likeness (QED) is 0.0674. The average Bonchev–Trinajstić information content (AvgIpc) is 3.86. The van der Waals surface area contributed by atoms with Crippen LogP contribution in [0.2, 0.25) is 0 Å². The van der Waals surface area contributed by atoms with Crippen molar-refractivity contribution in [3.8, 4) is 34.1 Å². The monoisotopic (exact) mass is 1190 g/mol. The van der Waals surface area contributed by atoms with Gasteiger partial charge in [0.15, 0.2) is 4.90 Å². The molecule has 0 saturated carbocycles. The molecule has 0 spiro atoms. The van der Waals surface area contributed by atoms with Crippen LogP contribution >= 0.6 is 15.8 Å². The summed E-state index contributed by atoms with van der Waals surface area (Å²) in [6.07, 6.45) is 16.3. The molecule has 8 aromatic rings. The fourth-order valence-corrected chi connectivity index (χ4v) is 17.1. The van der Waals surface area contributed by atoms with Gasteiger partial charge in [0.25, 0.3) is 0 Å². The maximum atomic E-state index is 7.14. The Labute approximate surface area is 396 Å². The fraction of sp³-hybridized carbons (Fsp3) is 0.0877. The van der Waals surface area contributed by atoms with Gasteiger partial charge in [-0.15, -0.1) is 35.4 Å². The molecule has 304 valence electrons. The number of hydrogen-bond acceptors (Lipinski definition) is 0. The van der Waals surface area contributed by atoms with E-state index < -0.39 is 15.8 Å². The van der Waals surface area contributed by atoms with E-state index in [-0.39, 0.29) is 49.7 Å². The van der Waals surface area contributed by atoms with Crippen LogP contribution in [0.15, 0.2) is 206 Å². The Bertz CT molecular complexity index is 2500. The Hall–Kier alpha value is -4.78. The predicted octanol–water partition coefficient (Wildman–Crippen LogP) is 11.8. The van der Waals surface area contributed by atoms with Crippen LogP contribution in [0.1, 0.15) is 47.2 Å². The van der Waals surface area contributed by atoms with E-state index in [9.17, 15) is 0 Å². The molecule has 0 aliphatic heterocycles. The molecule has 8 aromatic carbocycles. The van der Waals surface area contributed by atoms with Crippen molar-refractivity contribution in [3.63, 3.8) is 0 Å². The van der Waals surface area contributed by atoms with Gasteiger partial charge < -0.3 is 12.8 Å². The van der Waals surface area contributed by atoms with E-state index in [4.69, 9.17) is 12.8 Å². The molecule has 0 saturated heterocycles. The molecule has 4 heteroatoms. The van der Waals surface area contributed by atoms with E-state index in [1.165, 1.54) is 65.7 Å². The molecule has 0 fully saturated rings. The Morgan fingerprint density at radius 1 is 0.361 bits per heavy atom. The summed E-state index contributed by atoms with van der Waals surface area (Å²) in [5.41, 5.74) is 12.3. The maximum absolute atomic E-state index is 7.14. The van der Waals surface area contributed by atoms with Gasteiger partial charge in [-0.1, -0.05) is 133 Å². The van der Waals surface area contributed by atoms with Gasteiger partial charge in [0.1, 0.15) is 37.1 Å². The van der Waals surface area contributed by atoms with Gasteiger partial charge in [-0.3, -0.25) is 11.8 Å². The van der Waals surface area contributed by atoms with Gasteiger partial charge in [0.2, 0.25) is 0 Å². The molecule has 0 aromatic heterocycles. The molecule has 61 heavy (non-hydrogen) atoms. The van der Waals surface area contributed by atoms with Gasteiger partial charge >= 0.3 is 44.8 Å².